The molecule has 0 radical (unpaired) electrons. The van der Waals surface area contributed by atoms with Crippen LogP contribution in [0.3, 0.4) is 0 Å². The molecule has 0 bridgehead atoms. The molecule has 0 aromatic rings. The second-order valence-electron chi connectivity index (χ2n) is 3.75. The van der Waals surface area contributed by atoms with Gasteiger partial charge < -0.3 is 0 Å². The van der Waals surface area contributed by atoms with E-state index in [4.69, 9.17) is 0 Å². The Morgan fingerprint density at radius 1 is 1.18 bits per heavy atom. The molecule has 0 rings (SSSR count). The van der Waals surface area contributed by atoms with Crippen LogP contribution in [0.1, 0.15) is 34.1 Å². The highest BCUT2D eigenvalue weighted by molar-refractivity contribution is 4.90. The van der Waals surface area contributed by atoms with Gasteiger partial charge in [-0.05, 0) is 18.3 Å². The lowest BCUT2D eigenvalue weighted by Crippen LogP contribution is -2.04. The molecule has 0 aromatic carbocycles. The summed E-state index contributed by atoms with van der Waals surface area (Å²) in [6.07, 6.45) is 3.82. The summed E-state index contributed by atoms with van der Waals surface area (Å²) in [4.78, 5) is 0. The number of allylic oxidation sites excluding steroid dienone is 2. The third-order valence-corrected chi connectivity index (χ3v) is 1.56. The average Bonchev–Trinajstić information content (AvgIpc) is 1.86. The largest absolute Gasteiger partial charge is 0.243 e. The third-order valence-electron chi connectivity index (χ3n) is 1.56. The maximum Gasteiger partial charge on any atom is 0.121 e. The van der Waals surface area contributed by atoms with Crippen molar-refractivity contribution in [3.05, 3.63) is 12.2 Å². The van der Waals surface area contributed by atoms with Crippen LogP contribution < -0.4 is 0 Å². The standard InChI is InChI=1S/C10H19F/c1-8(2)6-5-7-10(11)9(3)4/h5,7-10H,6H2,1-4H3/b7-5+. The molecular weight excluding hydrogens is 139 g/mol. The first kappa shape index (κ1) is 10.7. The summed E-state index contributed by atoms with van der Waals surface area (Å²) >= 11 is 0. The Labute approximate surface area is 69.5 Å². The minimum absolute atomic E-state index is 0.110. The molecular formula is C10H19F. The van der Waals surface area contributed by atoms with Gasteiger partial charge in [-0.3, -0.25) is 0 Å². The summed E-state index contributed by atoms with van der Waals surface area (Å²) < 4.78 is 12.9. The predicted octanol–water partition coefficient (Wildman–Crippen LogP) is 3.58. The van der Waals surface area contributed by atoms with Crippen molar-refractivity contribution in [2.45, 2.75) is 40.3 Å². The summed E-state index contributed by atoms with van der Waals surface area (Å²) in [5, 5.41) is 0. The highest BCUT2D eigenvalue weighted by Crippen LogP contribution is 2.09. The zero-order chi connectivity index (χ0) is 8.85. The molecule has 0 saturated carbocycles. The minimum Gasteiger partial charge on any atom is -0.243 e. The van der Waals surface area contributed by atoms with E-state index in [9.17, 15) is 4.39 Å². The van der Waals surface area contributed by atoms with Gasteiger partial charge in [0.1, 0.15) is 6.17 Å². The Morgan fingerprint density at radius 3 is 2.09 bits per heavy atom. The number of halogens is 1. The summed E-state index contributed by atoms with van der Waals surface area (Å²) in [6.45, 7) is 8.05. The first-order valence-corrected chi connectivity index (χ1v) is 4.34. The molecule has 0 spiro atoms. The monoisotopic (exact) mass is 158 g/mol. The molecule has 0 aromatic heterocycles. The molecule has 0 nitrogen and oxygen atoms in total. The second-order valence-corrected chi connectivity index (χ2v) is 3.75. The number of hydrogen-bond acceptors (Lipinski definition) is 0. The lowest BCUT2D eigenvalue weighted by molar-refractivity contribution is 0.313. The van der Waals surface area contributed by atoms with E-state index in [1.807, 2.05) is 19.9 Å². The maximum absolute atomic E-state index is 12.9. The van der Waals surface area contributed by atoms with Crippen LogP contribution in [0, 0.1) is 11.8 Å². The highest BCUT2D eigenvalue weighted by Gasteiger charge is 2.05. The molecule has 0 aliphatic carbocycles. The quantitative estimate of drug-likeness (QED) is 0.548. The van der Waals surface area contributed by atoms with E-state index >= 15 is 0 Å². The fourth-order valence-electron chi connectivity index (χ4n) is 0.703. The predicted molar refractivity (Wildman–Crippen MR) is 48.3 cm³/mol. The van der Waals surface area contributed by atoms with Crippen molar-refractivity contribution >= 4 is 0 Å². The van der Waals surface area contributed by atoms with Crippen molar-refractivity contribution in [3.63, 3.8) is 0 Å². The van der Waals surface area contributed by atoms with Gasteiger partial charge in [0.05, 0.1) is 0 Å². The van der Waals surface area contributed by atoms with Crippen LogP contribution in [0.5, 0.6) is 0 Å². The first-order chi connectivity index (χ1) is 5.04. The molecule has 66 valence electrons. The van der Waals surface area contributed by atoms with Crippen LogP contribution in [0.4, 0.5) is 4.39 Å². The Balaban J connectivity index is 3.56. The van der Waals surface area contributed by atoms with Crippen molar-refractivity contribution in [1.82, 2.24) is 0 Å². The minimum atomic E-state index is -0.770. The number of rotatable bonds is 4. The average molecular weight is 158 g/mol. The molecule has 1 atom stereocenters. The lowest BCUT2D eigenvalue weighted by Gasteiger charge is -2.05. The normalized spacial score (nSPS) is 15.2. The van der Waals surface area contributed by atoms with Crippen LogP contribution >= 0.6 is 0 Å². The van der Waals surface area contributed by atoms with Crippen LogP contribution in [-0.2, 0) is 0 Å². The van der Waals surface area contributed by atoms with Crippen molar-refractivity contribution in [1.29, 1.82) is 0 Å². The summed E-state index contributed by atoms with van der Waals surface area (Å²) in [5.41, 5.74) is 0. The molecule has 1 heteroatoms. The van der Waals surface area contributed by atoms with Gasteiger partial charge in [-0.25, -0.2) is 4.39 Å². The Hall–Kier alpha value is -0.330. The highest BCUT2D eigenvalue weighted by atomic mass is 19.1. The Kier molecular flexibility index (Phi) is 5.18. The molecule has 0 amide bonds. The molecule has 0 heterocycles. The summed E-state index contributed by atoms with van der Waals surface area (Å²) in [7, 11) is 0. The van der Waals surface area contributed by atoms with E-state index in [0.717, 1.165) is 6.42 Å². The van der Waals surface area contributed by atoms with Crippen molar-refractivity contribution in [3.8, 4) is 0 Å². The molecule has 0 aliphatic heterocycles. The lowest BCUT2D eigenvalue weighted by atomic mass is 10.1. The molecule has 11 heavy (non-hydrogen) atoms. The van der Waals surface area contributed by atoms with E-state index in [1.165, 1.54) is 0 Å². The van der Waals surface area contributed by atoms with Crippen molar-refractivity contribution in [2.75, 3.05) is 0 Å². The zero-order valence-electron chi connectivity index (χ0n) is 7.97. The smallest absolute Gasteiger partial charge is 0.121 e. The van der Waals surface area contributed by atoms with Crippen LogP contribution in [0.25, 0.3) is 0 Å². The SMILES string of the molecule is CC(C)C/C=C/C(F)C(C)C. The molecule has 0 aliphatic rings. The second kappa shape index (κ2) is 5.34. The van der Waals surface area contributed by atoms with E-state index in [0.29, 0.717) is 5.92 Å². The molecule has 0 fully saturated rings. The van der Waals surface area contributed by atoms with E-state index in [1.54, 1.807) is 6.08 Å². The summed E-state index contributed by atoms with van der Waals surface area (Å²) in [6, 6.07) is 0. The summed E-state index contributed by atoms with van der Waals surface area (Å²) in [5.74, 6) is 0.740. The van der Waals surface area contributed by atoms with Gasteiger partial charge >= 0.3 is 0 Å². The maximum atomic E-state index is 12.9. The Morgan fingerprint density at radius 2 is 1.73 bits per heavy atom. The fraction of sp³-hybridized carbons (Fsp3) is 0.800. The van der Waals surface area contributed by atoms with E-state index in [-0.39, 0.29) is 5.92 Å². The van der Waals surface area contributed by atoms with Crippen LogP contribution in [0.2, 0.25) is 0 Å². The molecule has 0 N–H and O–H groups in total. The number of hydrogen-bond donors (Lipinski definition) is 0. The van der Waals surface area contributed by atoms with Crippen molar-refractivity contribution < 1.29 is 4.39 Å². The van der Waals surface area contributed by atoms with Crippen molar-refractivity contribution in [2.24, 2.45) is 11.8 Å². The van der Waals surface area contributed by atoms with Gasteiger partial charge in [-0.2, -0.15) is 0 Å². The molecule has 1 unspecified atom stereocenters. The van der Waals surface area contributed by atoms with Gasteiger partial charge in [0, 0.05) is 0 Å². The van der Waals surface area contributed by atoms with Gasteiger partial charge in [-0.15, -0.1) is 0 Å². The van der Waals surface area contributed by atoms with Gasteiger partial charge in [-0.1, -0.05) is 39.8 Å². The Bertz CT molecular complexity index is 114. The van der Waals surface area contributed by atoms with Gasteiger partial charge in [0.25, 0.3) is 0 Å². The van der Waals surface area contributed by atoms with Crippen LogP contribution in [-0.4, -0.2) is 6.17 Å². The molecule has 0 saturated heterocycles. The number of alkyl halides is 1. The zero-order valence-corrected chi connectivity index (χ0v) is 7.97. The third kappa shape index (κ3) is 6.08. The topological polar surface area (TPSA) is 0 Å². The van der Waals surface area contributed by atoms with E-state index in [2.05, 4.69) is 13.8 Å². The van der Waals surface area contributed by atoms with E-state index < -0.39 is 6.17 Å². The van der Waals surface area contributed by atoms with Gasteiger partial charge in [0.15, 0.2) is 0 Å². The fourth-order valence-corrected chi connectivity index (χ4v) is 0.703. The van der Waals surface area contributed by atoms with Crippen LogP contribution in [0.15, 0.2) is 12.2 Å². The van der Waals surface area contributed by atoms with Gasteiger partial charge in [0.2, 0.25) is 0 Å². The first-order valence-electron chi connectivity index (χ1n) is 4.34.